The summed E-state index contributed by atoms with van der Waals surface area (Å²) in [7, 11) is 0. The molecule has 0 atom stereocenters. The monoisotopic (exact) mass is 372 g/mol. The zero-order chi connectivity index (χ0) is 17.6. The summed E-state index contributed by atoms with van der Waals surface area (Å²) in [4.78, 5) is 40.0. The standard InChI is InChI=1S/C18H16N2O3S2/c1-11(21)19-7-6-15-12(9-19)8-17(24-15)14(22)10-20-13-4-2-3-5-16(13)25-18(20)23/h2-5,8H,6-7,9-10H2,1H3. The Morgan fingerprint density at radius 2 is 2.00 bits per heavy atom. The summed E-state index contributed by atoms with van der Waals surface area (Å²) in [6.45, 7) is 2.89. The molecule has 3 aromatic rings. The highest BCUT2D eigenvalue weighted by atomic mass is 32.1. The molecule has 0 spiro atoms. The number of carbonyl (C=O) groups is 2. The maximum atomic E-state index is 12.7. The predicted octanol–water partition coefficient (Wildman–Crippen LogP) is 2.91. The first-order valence-electron chi connectivity index (χ1n) is 8.01. The number of para-hydroxylation sites is 1. The number of nitrogens with zero attached hydrogens (tertiary/aromatic N) is 2. The Kier molecular flexibility index (Phi) is 4.05. The fourth-order valence-electron chi connectivity index (χ4n) is 3.12. The van der Waals surface area contributed by atoms with Gasteiger partial charge in [-0.05, 0) is 30.2 Å². The molecule has 0 bridgehead atoms. The minimum atomic E-state index is -0.112. The van der Waals surface area contributed by atoms with E-state index in [0.29, 0.717) is 18.0 Å². The minimum Gasteiger partial charge on any atom is -0.338 e. The smallest absolute Gasteiger partial charge is 0.308 e. The lowest BCUT2D eigenvalue weighted by atomic mass is 10.1. The Labute approximate surface area is 152 Å². The number of thiophene rings is 1. The number of fused-ring (bicyclic) bond motifs is 2. The van der Waals surface area contributed by atoms with Crippen molar-refractivity contribution >= 4 is 44.6 Å². The molecule has 0 N–H and O–H groups in total. The second-order valence-corrected chi connectivity index (χ2v) is 8.22. The van der Waals surface area contributed by atoms with Crippen LogP contribution < -0.4 is 4.87 Å². The zero-order valence-electron chi connectivity index (χ0n) is 13.7. The molecule has 1 aromatic carbocycles. The van der Waals surface area contributed by atoms with Crippen molar-refractivity contribution in [3.05, 3.63) is 55.3 Å². The largest absolute Gasteiger partial charge is 0.338 e. The van der Waals surface area contributed by atoms with E-state index in [-0.39, 0.29) is 23.1 Å². The van der Waals surface area contributed by atoms with Crippen LogP contribution in [0.2, 0.25) is 0 Å². The van der Waals surface area contributed by atoms with E-state index in [2.05, 4.69) is 0 Å². The molecule has 128 valence electrons. The van der Waals surface area contributed by atoms with Crippen LogP contribution in [0.15, 0.2) is 35.1 Å². The number of benzene rings is 1. The lowest BCUT2D eigenvalue weighted by Crippen LogP contribution is -2.33. The predicted molar refractivity (Wildman–Crippen MR) is 99.5 cm³/mol. The van der Waals surface area contributed by atoms with Crippen molar-refractivity contribution in [2.75, 3.05) is 6.54 Å². The molecule has 1 aliphatic rings. The van der Waals surface area contributed by atoms with Gasteiger partial charge in [0.05, 0.1) is 21.6 Å². The number of hydrogen-bond donors (Lipinski definition) is 0. The molecular formula is C18H16N2O3S2. The Bertz CT molecular complexity index is 1040. The molecular weight excluding hydrogens is 356 g/mol. The molecule has 2 aromatic heterocycles. The number of hydrogen-bond acceptors (Lipinski definition) is 5. The fourth-order valence-corrected chi connectivity index (χ4v) is 5.11. The number of ketones is 1. The third-order valence-electron chi connectivity index (χ3n) is 4.46. The maximum Gasteiger partial charge on any atom is 0.308 e. The van der Waals surface area contributed by atoms with Crippen LogP contribution in [0, 0.1) is 0 Å². The third-order valence-corrected chi connectivity index (χ3v) is 6.70. The van der Waals surface area contributed by atoms with Gasteiger partial charge in [-0.3, -0.25) is 19.0 Å². The molecule has 5 nitrogen and oxygen atoms in total. The van der Waals surface area contributed by atoms with Gasteiger partial charge < -0.3 is 4.90 Å². The Morgan fingerprint density at radius 3 is 2.80 bits per heavy atom. The second-order valence-electron chi connectivity index (χ2n) is 6.09. The lowest BCUT2D eigenvalue weighted by Gasteiger charge is -2.25. The summed E-state index contributed by atoms with van der Waals surface area (Å²) in [5.74, 6) is 0.000417. The molecule has 7 heteroatoms. The highest BCUT2D eigenvalue weighted by Crippen LogP contribution is 2.29. The summed E-state index contributed by atoms with van der Waals surface area (Å²) in [6, 6.07) is 9.40. The van der Waals surface area contributed by atoms with Crippen LogP contribution in [-0.4, -0.2) is 27.7 Å². The van der Waals surface area contributed by atoms with E-state index in [4.69, 9.17) is 0 Å². The average molecular weight is 372 g/mol. The van der Waals surface area contributed by atoms with E-state index in [1.807, 2.05) is 30.3 Å². The number of thiazole rings is 1. The first kappa shape index (κ1) is 16.2. The van der Waals surface area contributed by atoms with Gasteiger partial charge in [-0.15, -0.1) is 11.3 Å². The summed E-state index contributed by atoms with van der Waals surface area (Å²) >= 11 is 2.65. The van der Waals surface area contributed by atoms with Gasteiger partial charge in [0.15, 0.2) is 5.78 Å². The van der Waals surface area contributed by atoms with Crippen LogP contribution >= 0.6 is 22.7 Å². The fraction of sp³-hybridized carbons (Fsp3) is 0.278. The molecule has 0 unspecified atom stereocenters. The molecule has 0 aliphatic carbocycles. The summed E-state index contributed by atoms with van der Waals surface area (Å²) < 4.78 is 2.44. The minimum absolute atomic E-state index is 0.0542. The first-order chi connectivity index (χ1) is 12.0. The van der Waals surface area contributed by atoms with E-state index >= 15 is 0 Å². The number of Topliss-reactive ketones (excluding diaryl/α,β-unsaturated/α-hetero) is 1. The summed E-state index contributed by atoms with van der Waals surface area (Å²) in [5, 5.41) is 0. The first-order valence-corrected chi connectivity index (χ1v) is 9.65. The van der Waals surface area contributed by atoms with E-state index in [0.717, 1.165) is 33.5 Å². The highest BCUT2D eigenvalue weighted by Gasteiger charge is 2.23. The average Bonchev–Trinajstić information content (AvgIpc) is 3.15. The SMILES string of the molecule is CC(=O)N1CCc2sc(C(=O)Cn3c(=O)sc4ccccc43)cc2C1. The third kappa shape index (κ3) is 2.94. The van der Waals surface area contributed by atoms with E-state index in [9.17, 15) is 14.4 Å². The van der Waals surface area contributed by atoms with E-state index in [1.54, 1.807) is 16.4 Å². The van der Waals surface area contributed by atoms with Crippen molar-refractivity contribution in [2.45, 2.75) is 26.4 Å². The Balaban J connectivity index is 1.61. The Morgan fingerprint density at radius 1 is 1.20 bits per heavy atom. The number of rotatable bonds is 3. The van der Waals surface area contributed by atoms with Gasteiger partial charge in [0, 0.05) is 24.9 Å². The van der Waals surface area contributed by atoms with Crippen LogP contribution in [-0.2, 0) is 24.3 Å². The summed E-state index contributed by atoms with van der Waals surface area (Å²) in [6.07, 6.45) is 0.786. The maximum absolute atomic E-state index is 12.7. The molecule has 0 saturated heterocycles. The zero-order valence-corrected chi connectivity index (χ0v) is 15.3. The summed E-state index contributed by atoms with van der Waals surface area (Å²) in [5.41, 5.74) is 1.85. The van der Waals surface area contributed by atoms with Crippen molar-refractivity contribution in [1.82, 2.24) is 9.47 Å². The van der Waals surface area contributed by atoms with Gasteiger partial charge in [0.25, 0.3) is 0 Å². The second kappa shape index (κ2) is 6.24. The van der Waals surface area contributed by atoms with Crippen LogP contribution in [0.1, 0.15) is 27.0 Å². The molecule has 4 rings (SSSR count). The van der Waals surface area contributed by atoms with Crippen LogP contribution in [0.5, 0.6) is 0 Å². The van der Waals surface area contributed by atoms with Gasteiger partial charge in [-0.2, -0.15) is 0 Å². The Hall–Kier alpha value is -2.25. The molecule has 1 aliphatic heterocycles. The van der Waals surface area contributed by atoms with Crippen LogP contribution in [0.25, 0.3) is 10.2 Å². The molecule has 0 saturated carbocycles. The highest BCUT2D eigenvalue weighted by molar-refractivity contribution is 7.16. The quantitative estimate of drug-likeness (QED) is 0.664. The van der Waals surface area contributed by atoms with Gasteiger partial charge >= 0.3 is 4.87 Å². The molecule has 3 heterocycles. The van der Waals surface area contributed by atoms with Gasteiger partial charge in [-0.25, -0.2) is 0 Å². The van der Waals surface area contributed by atoms with Crippen molar-refractivity contribution in [1.29, 1.82) is 0 Å². The van der Waals surface area contributed by atoms with Crippen molar-refractivity contribution in [2.24, 2.45) is 0 Å². The van der Waals surface area contributed by atoms with Crippen molar-refractivity contribution in [3.63, 3.8) is 0 Å². The van der Waals surface area contributed by atoms with E-state index < -0.39 is 0 Å². The lowest BCUT2D eigenvalue weighted by molar-refractivity contribution is -0.129. The molecule has 0 radical (unpaired) electrons. The van der Waals surface area contributed by atoms with E-state index in [1.165, 1.54) is 16.2 Å². The van der Waals surface area contributed by atoms with Gasteiger partial charge in [0.2, 0.25) is 5.91 Å². The van der Waals surface area contributed by atoms with Crippen LogP contribution in [0.3, 0.4) is 0 Å². The topological polar surface area (TPSA) is 59.4 Å². The normalized spacial score (nSPS) is 13.9. The number of aromatic nitrogens is 1. The van der Waals surface area contributed by atoms with Gasteiger partial charge in [0.1, 0.15) is 0 Å². The van der Waals surface area contributed by atoms with Gasteiger partial charge in [-0.1, -0.05) is 23.5 Å². The number of carbonyl (C=O) groups excluding carboxylic acids is 2. The van der Waals surface area contributed by atoms with Crippen molar-refractivity contribution < 1.29 is 9.59 Å². The number of amides is 1. The van der Waals surface area contributed by atoms with Crippen molar-refractivity contribution in [3.8, 4) is 0 Å². The molecule has 1 amide bonds. The molecule has 25 heavy (non-hydrogen) atoms. The van der Waals surface area contributed by atoms with Crippen LogP contribution in [0.4, 0.5) is 0 Å². The molecule has 0 fully saturated rings.